The van der Waals surface area contributed by atoms with Crippen LogP contribution in [0.1, 0.15) is 37.3 Å². The molecule has 0 saturated carbocycles. The predicted octanol–water partition coefficient (Wildman–Crippen LogP) is 4.32. The number of anilines is 1. The van der Waals surface area contributed by atoms with Crippen molar-refractivity contribution < 1.29 is 13.2 Å². The topological polar surface area (TPSA) is 55.4 Å². The maximum atomic E-state index is 12.6. The number of ether oxygens (including phenoxy) is 1. The minimum Gasteiger partial charge on any atom is -0.495 e. The van der Waals surface area contributed by atoms with Gasteiger partial charge in [0.1, 0.15) is 5.75 Å². The second-order valence-corrected chi connectivity index (χ2v) is 7.37. The monoisotopic (exact) mass is 333 g/mol. The molecule has 1 unspecified atom stereocenters. The van der Waals surface area contributed by atoms with Gasteiger partial charge in [-0.15, -0.1) is 0 Å². The summed E-state index contributed by atoms with van der Waals surface area (Å²) in [6, 6.07) is 12.4. The van der Waals surface area contributed by atoms with Crippen molar-refractivity contribution >= 4 is 15.7 Å². The molecule has 0 radical (unpaired) electrons. The van der Waals surface area contributed by atoms with Crippen LogP contribution < -0.4 is 9.46 Å². The van der Waals surface area contributed by atoms with Crippen molar-refractivity contribution in [2.75, 3.05) is 11.8 Å². The molecule has 4 nitrogen and oxygen atoms in total. The molecule has 0 spiro atoms. The molecule has 0 aromatic heterocycles. The van der Waals surface area contributed by atoms with E-state index in [1.165, 1.54) is 7.11 Å². The summed E-state index contributed by atoms with van der Waals surface area (Å²) in [4.78, 5) is 0.244. The van der Waals surface area contributed by atoms with E-state index < -0.39 is 10.0 Å². The van der Waals surface area contributed by atoms with Crippen molar-refractivity contribution in [1.29, 1.82) is 0 Å². The lowest BCUT2D eigenvalue weighted by Crippen LogP contribution is -2.14. The molecule has 2 rings (SSSR count). The van der Waals surface area contributed by atoms with E-state index in [-0.39, 0.29) is 4.90 Å². The zero-order valence-corrected chi connectivity index (χ0v) is 14.8. The Balaban J connectivity index is 2.30. The molecule has 0 amide bonds. The standard InChI is InChI=1S/C18H23NO3S/c1-5-14(3)15-7-9-16(10-8-15)23(20,21)19-17-12-13(2)6-11-18(17)22-4/h6-12,14,19H,5H2,1-4H3. The fraction of sp³-hybridized carbons (Fsp3) is 0.333. The number of rotatable bonds is 6. The van der Waals surface area contributed by atoms with Crippen molar-refractivity contribution in [1.82, 2.24) is 0 Å². The van der Waals surface area contributed by atoms with Crippen LogP contribution in [-0.4, -0.2) is 15.5 Å². The van der Waals surface area contributed by atoms with Crippen LogP contribution in [0.3, 0.4) is 0 Å². The summed E-state index contributed by atoms with van der Waals surface area (Å²) in [6.07, 6.45) is 1.02. The minimum absolute atomic E-state index is 0.244. The Labute approximate surface area is 138 Å². The summed E-state index contributed by atoms with van der Waals surface area (Å²) in [5.41, 5.74) is 2.54. The molecule has 23 heavy (non-hydrogen) atoms. The molecule has 1 N–H and O–H groups in total. The average Bonchev–Trinajstić information content (AvgIpc) is 2.54. The van der Waals surface area contributed by atoms with Crippen LogP contribution in [0, 0.1) is 6.92 Å². The van der Waals surface area contributed by atoms with Gasteiger partial charge in [-0.25, -0.2) is 8.42 Å². The number of nitrogens with one attached hydrogen (secondary N) is 1. The number of methoxy groups -OCH3 is 1. The third-order valence-electron chi connectivity index (χ3n) is 3.97. The van der Waals surface area contributed by atoms with Gasteiger partial charge in [-0.3, -0.25) is 4.72 Å². The van der Waals surface area contributed by atoms with Gasteiger partial charge in [0.2, 0.25) is 0 Å². The van der Waals surface area contributed by atoms with E-state index in [0.29, 0.717) is 17.4 Å². The number of benzene rings is 2. The lowest BCUT2D eigenvalue weighted by atomic mass is 9.99. The summed E-state index contributed by atoms with van der Waals surface area (Å²) in [6.45, 7) is 6.14. The summed E-state index contributed by atoms with van der Waals surface area (Å²) in [5.74, 6) is 0.909. The zero-order valence-electron chi connectivity index (χ0n) is 14.0. The van der Waals surface area contributed by atoms with Crippen LogP contribution in [0.5, 0.6) is 5.75 Å². The van der Waals surface area contributed by atoms with Crippen molar-refractivity contribution in [3.63, 3.8) is 0 Å². The SMILES string of the molecule is CCC(C)c1ccc(S(=O)(=O)Nc2cc(C)ccc2OC)cc1. The van der Waals surface area contributed by atoms with Gasteiger partial charge in [-0.05, 0) is 54.7 Å². The van der Waals surface area contributed by atoms with Crippen LogP contribution in [-0.2, 0) is 10.0 Å². The maximum Gasteiger partial charge on any atom is 0.262 e. The lowest BCUT2D eigenvalue weighted by Gasteiger charge is -2.14. The molecule has 0 aliphatic rings. The van der Waals surface area contributed by atoms with Crippen LogP contribution in [0.2, 0.25) is 0 Å². The van der Waals surface area contributed by atoms with Crippen LogP contribution in [0.25, 0.3) is 0 Å². The molecule has 0 heterocycles. The first-order chi connectivity index (χ1) is 10.9. The largest absolute Gasteiger partial charge is 0.495 e. The van der Waals surface area contributed by atoms with Gasteiger partial charge in [-0.2, -0.15) is 0 Å². The zero-order chi connectivity index (χ0) is 17.0. The second kappa shape index (κ2) is 7.04. The van der Waals surface area contributed by atoms with Crippen molar-refractivity contribution in [3.8, 4) is 5.75 Å². The molecular formula is C18H23NO3S. The number of aryl methyl sites for hydroxylation is 1. The summed E-state index contributed by atoms with van der Waals surface area (Å²) in [5, 5.41) is 0. The minimum atomic E-state index is -3.64. The summed E-state index contributed by atoms with van der Waals surface area (Å²) >= 11 is 0. The van der Waals surface area contributed by atoms with Crippen molar-refractivity contribution in [2.45, 2.75) is 38.0 Å². The van der Waals surface area contributed by atoms with E-state index in [0.717, 1.165) is 17.5 Å². The average molecular weight is 333 g/mol. The van der Waals surface area contributed by atoms with Crippen molar-refractivity contribution in [3.05, 3.63) is 53.6 Å². The van der Waals surface area contributed by atoms with E-state index in [2.05, 4.69) is 18.6 Å². The molecule has 5 heteroatoms. The Morgan fingerprint density at radius 2 is 1.78 bits per heavy atom. The first kappa shape index (κ1) is 17.3. The van der Waals surface area contributed by atoms with Crippen molar-refractivity contribution in [2.24, 2.45) is 0 Å². The lowest BCUT2D eigenvalue weighted by molar-refractivity contribution is 0.417. The highest BCUT2D eigenvalue weighted by molar-refractivity contribution is 7.92. The highest BCUT2D eigenvalue weighted by Gasteiger charge is 2.17. The van der Waals surface area contributed by atoms with Crippen LogP contribution in [0.15, 0.2) is 47.4 Å². The van der Waals surface area contributed by atoms with Crippen LogP contribution in [0.4, 0.5) is 5.69 Å². The molecule has 2 aromatic carbocycles. The third kappa shape index (κ3) is 4.05. The fourth-order valence-electron chi connectivity index (χ4n) is 2.32. The molecule has 0 bridgehead atoms. The molecule has 1 atom stereocenters. The first-order valence-electron chi connectivity index (χ1n) is 7.64. The smallest absolute Gasteiger partial charge is 0.262 e. The third-order valence-corrected chi connectivity index (χ3v) is 5.35. The van der Waals surface area contributed by atoms with E-state index in [1.54, 1.807) is 24.3 Å². The first-order valence-corrected chi connectivity index (χ1v) is 9.13. The normalized spacial score (nSPS) is 12.7. The molecule has 0 aliphatic carbocycles. The number of hydrogen-bond donors (Lipinski definition) is 1. The van der Waals surface area contributed by atoms with E-state index in [9.17, 15) is 8.42 Å². The quantitative estimate of drug-likeness (QED) is 0.856. The van der Waals surface area contributed by atoms with Gasteiger partial charge in [-0.1, -0.05) is 32.0 Å². The molecule has 0 saturated heterocycles. The van der Waals surface area contributed by atoms with Crippen LogP contribution >= 0.6 is 0 Å². The predicted molar refractivity (Wildman–Crippen MR) is 93.7 cm³/mol. The Bertz CT molecular complexity index is 767. The van der Waals surface area contributed by atoms with Gasteiger partial charge in [0.25, 0.3) is 10.0 Å². The molecule has 0 aliphatic heterocycles. The van der Waals surface area contributed by atoms with E-state index >= 15 is 0 Å². The maximum absolute atomic E-state index is 12.6. The van der Waals surface area contributed by atoms with Gasteiger partial charge >= 0.3 is 0 Å². The van der Waals surface area contributed by atoms with E-state index in [1.807, 2.05) is 25.1 Å². The van der Waals surface area contributed by atoms with Gasteiger partial charge in [0.05, 0.1) is 17.7 Å². The number of sulfonamides is 1. The Hall–Kier alpha value is -2.01. The Kier molecular flexibility index (Phi) is 5.31. The number of hydrogen-bond acceptors (Lipinski definition) is 3. The molecule has 124 valence electrons. The highest BCUT2D eigenvalue weighted by atomic mass is 32.2. The molecular weight excluding hydrogens is 310 g/mol. The Morgan fingerprint density at radius 1 is 1.13 bits per heavy atom. The van der Waals surface area contributed by atoms with Gasteiger partial charge in [0.15, 0.2) is 0 Å². The fourth-order valence-corrected chi connectivity index (χ4v) is 3.38. The highest BCUT2D eigenvalue weighted by Crippen LogP contribution is 2.28. The van der Waals surface area contributed by atoms with Gasteiger partial charge in [0, 0.05) is 0 Å². The van der Waals surface area contributed by atoms with Gasteiger partial charge < -0.3 is 4.74 Å². The molecule has 0 fully saturated rings. The van der Waals surface area contributed by atoms with E-state index in [4.69, 9.17) is 4.74 Å². The molecule has 2 aromatic rings. The summed E-state index contributed by atoms with van der Waals surface area (Å²) in [7, 11) is -2.12. The second-order valence-electron chi connectivity index (χ2n) is 5.69. The Morgan fingerprint density at radius 3 is 2.35 bits per heavy atom. The summed E-state index contributed by atoms with van der Waals surface area (Å²) < 4.78 is 33.0.